The Morgan fingerprint density at radius 2 is 2.35 bits per heavy atom. The quantitative estimate of drug-likeness (QED) is 0.756. The average Bonchev–Trinajstić information content (AvgIpc) is 3.13. The van der Waals surface area contributed by atoms with Gasteiger partial charge in [0.2, 0.25) is 0 Å². The molecule has 2 unspecified atom stereocenters. The molecule has 3 N–H and O–H groups in total. The maximum absolute atomic E-state index is 12.7. The zero-order chi connectivity index (χ0) is 16.6. The van der Waals surface area contributed by atoms with Crippen LogP contribution < -0.4 is 11.3 Å². The van der Waals surface area contributed by atoms with E-state index in [1.165, 1.54) is 11.8 Å². The maximum atomic E-state index is 12.7. The van der Waals surface area contributed by atoms with E-state index in [0.29, 0.717) is 17.9 Å². The van der Waals surface area contributed by atoms with Gasteiger partial charge in [0, 0.05) is 5.75 Å². The molecular weight excluding hydrogens is 324 g/mol. The standard InChI is InChI=1S/C12H16N6O4S/c1-2-3-6-9-10(18(15-6)12(13)21)11(20)17(16-14-9)7-5-23-8(4-19)22-7/h7-8,19H,2-5H2,1H3,(H2,13,21). The van der Waals surface area contributed by atoms with Crippen molar-refractivity contribution >= 4 is 28.8 Å². The lowest BCUT2D eigenvalue weighted by Gasteiger charge is -2.11. The third-order valence-corrected chi connectivity index (χ3v) is 4.54. The zero-order valence-corrected chi connectivity index (χ0v) is 13.2. The number of ether oxygens (including phenoxy) is 1. The molecule has 3 rings (SSSR count). The minimum atomic E-state index is -0.857. The summed E-state index contributed by atoms with van der Waals surface area (Å²) in [5.74, 6) is 0.442. The summed E-state index contributed by atoms with van der Waals surface area (Å²) in [5, 5.41) is 21.1. The number of carbonyl (C=O) groups is 1. The molecule has 1 fully saturated rings. The lowest BCUT2D eigenvalue weighted by atomic mass is 10.2. The van der Waals surface area contributed by atoms with E-state index in [9.17, 15) is 9.59 Å². The average molecular weight is 340 g/mol. The predicted molar refractivity (Wildman–Crippen MR) is 82.0 cm³/mol. The lowest BCUT2D eigenvalue weighted by molar-refractivity contribution is -0.0143. The van der Waals surface area contributed by atoms with Crippen LogP contribution in [0.5, 0.6) is 0 Å². The fourth-order valence-corrected chi connectivity index (χ4v) is 3.33. The van der Waals surface area contributed by atoms with Gasteiger partial charge in [-0.3, -0.25) is 4.79 Å². The molecule has 0 saturated carbocycles. The fraction of sp³-hybridized carbons (Fsp3) is 0.583. The van der Waals surface area contributed by atoms with Crippen LogP contribution in [0.25, 0.3) is 11.0 Å². The van der Waals surface area contributed by atoms with E-state index in [4.69, 9.17) is 15.6 Å². The number of carbonyl (C=O) groups excluding carboxylic acids is 1. The molecule has 1 aliphatic rings. The summed E-state index contributed by atoms with van der Waals surface area (Å²) in [5.41, 5.74) is 5.12. The van der Waals surface area contributed by atoms with Gasteiger partial charge in [0.1, 0.15) is 11.0 Å². The second-order valence-corrected chi connectivity index (χ2v) is 6.21. The van der Waals surface area contributed by atoms with Crippen molar-refractivity contribution in [3.05, 3.63) is 16.0 Å². The van der Waals surface area contributed by atoms with Gasteiger partial charge in [-0.2, -0.15) is 14.5 Å². The van der Waals surface area contributed by atoms with Crippen molar-refractivity contribution < 1.29 is 14.6 Å². The summed E-state index contributed by atoms with van der Waals surface area (Å²) in [6, 6.07) is -0.857. The number of aryl methyl sites for hydroxylation is 1. The molecule has 10 nitrogen and oxygen atoms in total. The van der Waals surface area contributed by atoms with Crippen LogP contribution >= 0.6 is 11.8 Å². The number of nitrogens with two attached hydrogens (primary N) is 1. The largest absolute Gasteiger partial charge is 0.393 e. The van der Waals surface area contributed by atoms with Crippen LogP contribution in [0, 0.1) is 0 Å². The van der Waals surface area contributed by atoms with Gasteiger partial charge >= 0.3 is 6.03 Å². The number of rotatable bonds is 4. The molecule has 2 atom stereocenters. The number of aliphatic hydroxyl groups excluding tert-OH is 1. The third kappa shape index (κ3) is 2.71. The Balaban J connectivity index is 2.13. The first kappa shape index (κ1) is 15.9. The lowest BCUT2D eigenvalue weighted by Crippen LogP contribution is -2.33. The molecule has 124 valence electrons. The molecule has 2 aromatic heterocycles. The van der Waals surface area contributed by atoms with E-state index in [0.717, 1.165) is 15.8 Å². The molecule has 1 amide bonds. The van der Waals surface area contributed by atoms with E-state index in [1.807, 2.05) is 6.92 Å². The van der Waals surface area contributed by atoms with Crippen molar-refractivity contribution in [1.29, 1.82) is 0 Å². The number of nitrogens with zero attached hydrogens (tertiary/aromatic N) is 5. The highest BCUT2D eigenvalue weighted by atomic mass is 32.2. The molecule has 23 heavy (non-hydrogen) atoms. The van der Waals surface area contributed by atoms with Crippen molar-refractivity contribution in [3.63, 3.8) is 0 Å². The summed E-state index contributed by atoms with van der Waals surface area (Å²) in [6.07, 6.45) is 0.667. The molecular formula is C12H16N6O4S. The topological polar surface area (TPSA) is 138 Å². The van der Waals surface area contributed by atoms with Gasteiger partial charge in [0.05, 0.1) is 12.3 Å². The number of thioether (sulfide) groups is 1. The predicted octanol–water partition coefficient (Wildman–Crippen LogP) is -0.552. The molecule has 11 heteroatoms. The zero-order valence-electron chi connectivity index (χ0n) is 12.4. The van der Waals surface area contributed by atoms with Crippen LogP contribution in [0.15, 0.2) is 4.79 Å². The summed E-state index contributed by atoms with van der Waals surface area (Å²) in [7, 11) is 0. The number of hydrogen-bond acceptors (Lipinski definition) is 8. The van der Waals surface area contributed by atoms with Crippen molar-refractivity contribution in [1.82, 2.24) is 24.8 Å². The highest BCUT2D eigenvalue weighted by Gasteiger charge is 2.30. The Morgan fingerprint density at radius 1 is 1.57 bits per heavy atom. The molecule has 0 bridgehead atoms. The van der Waals surface area contributed by atoms with Crippen LogP contribution in [0.4, 0.5) is 4.79 Å². The van der Waals surface area contributed by atoms with Gasteiger partial charge in [-0.15, -0.1) is 16.9 Å². The van der Waals surface area contributed by atoms with Gasteiger partial charge in [0.25, 0.3) is 5.56 Å². The highest BCUT2D eigenvalue weighted by Crippen LogP contribution is 2.30. The molecule has 2 aromatic rings. The first-order chi connectivity index (χ1) is 11.1. The molecule has 0 radical (unpaired) electrons. The Kier molecular flexibility index (Phi) is 4.33. The molecule has 0 aromatic carbocycles. The third-order valence-electron chi connectivity index (χ3n) is 3.43. The number of fused-ring (bicyclic) bond motifs is 1. The van der Waals surface area contributed by atoms with Crippen LogP contribution in [0.1, 0.15) is 25.3 Å². The maximum Gasteiger partial charge on any atom is 0.340 e. The molecule has 3 heterocycles. The Bertz CT molecular complexity index is 803. The van der Waals surface area contributed by atoms with Gasteiger partial charge in [0.15, 0.2) is 11.7 Å². The van der Waals surface area contributed by atoms with Gasteiger partial charge in [-0.05, 0) is 6.42 Å². The van der Waals surface area contributed by atoms with Crippen molar-refractivity contribution in [2.75, 3.05) is 12.4 Å². The number of primary amides is 1. The number of aromatic nitrogens is 5. The number of amides is 1. The summed E-state index contributed by atoms with van der Waals surface area (Å²) in [6.45, 7) is 1.79. The van der Waals surface area contributed by atoms with Gasteiger partial charge in [-0.25, -0.2) is 4.79 Å². The Labute approximate surface area is 134 Å². The minimum Gasteiger partial charge on any atom is -0.393 e. The Morgan fingerprint density at radius 3 is 2.96 bits per heavy atom. The van der Waals surface area contributed by atoms with Crippen LogP contribution in [0.2, 0.25) is 0 Å². The van der Waals surface area contributed by atoms with E-state index in [1.54, 1.807) is 0 Å². The molecule has 0 aliphatic carbocycles. The molecule has 1 aliphatic heterocycles. The number of hydrogen-bond donors (Lipinski definition) is 2. The first-order valence-corrected chi connectivity index (χ1v) is 8.16. The summed E-state index contributed by atoms with van der Waals surface area (Å²) in [4.78, 5) is 24.3. The Hall–Kier alpha value is -1.98. The van der Waals surface area contributed by atoms with E-state index >= 15 is 0 Å². The van der Waals surface area contributed by atoms with Crippen LogP contribution in [-0.4, -0.2) is 53.7 Å². The van der Waals surface area contributed by atoms with E-state index < -0.39 is 23.3 Å². The summed E-state index contributed by atoms with van der Waals surface area (Å²) < 4.78 is 7.43. The summed E-state index contributed by atoms with van der Waals surface area (Å²) >= 11 is 1.37. The minimum absolute atomic E-state index is 0.00278. The number of aliphatic hydroxyl groups is 1. The second-order valence-electron chi connectivity index (χ2n) is 5.02. The van der Waals surface area contributed by atoms with E-state index in [-0.39, 0.29) is 17.6 Å². The second kappa shape index (κ2) is 6.26. The van der Waals surface area contributed by atoms with Gasteiger partial charge in [-0.1, -0.05) is 18.6 Å². The molecule has 1 saturated heterocycles. The van der Waals surface area contributed by atoms with Gasteiger partial charge < -0.3 is 15.6 Å². The van der Waals surface area contributed by atoms with Crippen LogP contribution in [-0.2, 0) is 11.2 Å². The normalized spacial score (nSPS) is 21.1. The van der Waals surface area contributed by atoms with E-state index in [2.05, 4.69) is 15.4 Å². The van der Waals surface area contributed by atoms with Crippen molar-refractivity contribution in [3.8, 4) is 0 Å². The monoisotopic (exact) mass is 340 g/mol. The van der Waals surface area contributed by atoms with Crippen molar-refractivity contribution in [2.24, 2.45) is 5.73 Å². The smallest absolute Gasteiger partial charge is 0.340 e. The van der Waals surface area contributed by atoms with Crippen molar-refractivity contribution in [2.45, 2.75) is 31.4 Å². The highest BCUT2D eigenvalue weighted by molar-refractivity contribution is 8.00. The first-order valence-electron chi connectivity index (χ1n) is 7.11. The molecule has 0 spiro atoms. The fourth-order valence-electron chi connectivity index (χ4n) is 2.41. The SMILES string of the molecule is CCCc1nn(C(N)=O)c2c(=O)n(C3CSC(CO)O3)nnc12. The van der Waals surface area contributed by atoms with Crippen LogP contribution in [0.3, 0.4) is 0 Å².